The molecule has 2 heterocycles. The van der Waals surface area contributed by atoms with Crippen molar-refractivity contribution in [3.05, 3.63) is 21.8 Å². The number of nitrogens with one attached hydrogen (secondary N) is 1. The van der Waals surface area contributed by atoms with E-state index in [4.69, 9.17) is 9.47 Å². The number of esters is 2. The van der Waals surface area contributed by atoms with Gasteiger partial charge in [-0.1, -0.05) is 18.7 Å². The Bertz CT molecular complexity index is 875. The number of thiophene rings is 1. The third kappa shape index (κ3) is 4.48. The summed E-state index contributed by atoms with van der Waals surface area (Å²) in [5.74, 6) is -0.668. The highest BCUT2D eigenvalue weighted by Gasteiger charge is 2.26. The fraction of sp³-hybridized carbons (Fsp3) is 0.438. The number of rotatable bonds is 7. The second kappa shape index (κ2) is 9.00. The predicted octanol–water partition coefficient (Wildman–Crippen LogP) is 2.05. The van der Waals surface area contributed by atoms with E-state index in [9.17, 15) is 14.4 Å². The van der Waals surface area contributed by atoms with Crippen molar-refractivity contribution in [2.24, 2.45) is 7.05 Å². The molecule has 0 aromatic carbocycles. The van der Waals surface area contributed by atoms with E-state index in [-0.39, 0.29) is 27.1 Å². The lowest BCUT2D eigenvalue weighted by atomic mass is 10.1. The summed E-state index contributed by atoms with van der Waals surface area (Å²) in [7, 11) is 4.32. The monoisotopic (exact) mass is 412 g/mol. The maximum Gasteiger partial charge on any atom is 0.348 e. The van der Waals surface area contributed by atoms with Crippen molar-refractivity contribution < 1.29 is 23.9 Å². The van der Waals surface area contributed by atoms with E-state index >= 15 is 0 Å². The summed E-state index contributed by atoms with van der Waals surface area (Å²) < 4.78 is 11.3. The largest absolute Gasteiger partial charge is 0.465 e. The summed E-state index contributed by atoms with van der Waals surface area (Å²) in [5, 5.41) is 11.6. The van der Waals surface area contributed by atoms with Crippen LogP contribution in [-0.4, -0.2) is 52.6 Å². The molecule has 11 heteroatoms. The Hall–Kier alpha value is -2.40. The summed E-state index contributed by atoms with van der Waals surface area (Å²) in [4.78, 5) is 36.5. The second-order valence-corrected chi connectivity index (χ2v) is 7.35. The van der Waals surface area contributed by atoms with Gasteiger partial charge in [0.1, 0.15) is 15.7 Å². The first-order valence-electron chi connectivity index (χ1n) is 7.94. The standard InChI is InChI=1S/C16H20N4O5S2/c1-6-9-18-19-16(20(9)3)26-7-10(21)17-13-11(14(22)24-4)8(2)12(27-13)15(23)25-5/h6-7H2,1-5H3,(H,17,21). The van der Waals surface area contributed by atoms with E-state index in [0.29, 0.717) is 10.7 Å². The lowest BCUT2D eigenvalue weighted by Crippen LogP contribution is -2.16. The molecule has 2 aromatic rings. The van der Waals surface area contributed by atoms with Gasteiger partial charge in [0.05, 0.1) is 25.5 Å². The molecule has 0 radical (unpaired) electrons. The summed E-state index contributed by atoms with van der Waals surface area (Å²) in [6, 6.07) is 0. The Morgan fingerprint density at radius 2 is 1.85 bits per heavy atom. The number of methoxy groups -OCH3 is 2. The summed E-state index contributed by atoms with van der Waals surface area (Å²) >= 11 is 2.20. The van der Waals surface area contributed by atoms with Crippen LogP contribution in [0.4, 0.5) is 5.00 Å². The Morgan fingerprint density at radius 1 is 1.19 bits per heavy atom. The van der Waals surface area contributed by atoms with Gasteiger partial charge in [0, 0.05) is 13.5 Å². The van der Waals surface area contributed by atoms with E-state index < -0.39 is 11.9 Å². The van der Waals surface area contributed by atoms with Gasteiger partial charge in [-0.3, -0.25) is 4.79 Å². The van der Waals surface area contributed by atoms with Gasteiger partial charge in [-0.25, -0.2) is 9.59 Å². The highest BCUT2D eigenvalue weighted by Crippen LogP contribution is 2.34. The van der Waals surface area contributed by atoms with Crippen LogP contribution in [0.3, 0.4) is 0 Å². The van der Waals surface area contributed by atoms with E-state index in [1.165, 1.54) is 26.0 Å². The average Bonchev–Trinajstić information content (AvgIpc) is 3.18. The van der Waals surface area contributed by atoms with Crippen molar-refractivity contribution in [1.82, 2.24) is 14.8 Å². The maximum atomic E-state index is 12.3. The molecule has 0 aliphatic heterocycles. The summed E-state index contributed by atoms with van der Waals surface area (Å²) in [6.45, 7) is 3.57. The number of amides is 1. The molecule has 0 spiro atoms. The molecule has 9 nitrogen and oxygen atoms in total. The van der Waals surface area contributed by atoms with Gasteiger partial charge in [0.25, 0.3) is 0 Å². The van der Waals surface area contributed by atoms with Crippen molar-refractivity contribution >= 4 is 45.9 Å². The SMILES string of the molecule is CCc1nnc(SCC(=O)Nc2sc(C(=O)OC)c(C)c2C(=O)OC)n1C. The zero-order chi connectivity index (χ0) is 20.1. The fourth-order valence-corrected chi connectivity index (χ4v) is 4.17. The van der Waals surface area contributed by atoms with Crippen LogP contribution in [0, 0.1) is 6.92 Å². The van der Waals surface area contributed by atoms with Crippen molar-refractivity contribution in [2.45, 2.75) is 25.4 Å². The molecule has 0 fully saturated rings. The van der Waals surface area contributed by atoms with Crippen LogP contribution in [0.1, 0.15) is 38.3 Å². The fourth-order valence-electron chi connectivity index (χ4n) is 2.31. The predicted molar refractivity (Wildman–Crippen MR) is 101 cm³/mol. The summed E-state index contributed by atoms with van der Waals surface area (Å²) in [6.07, 6.45) is 0.740. The number of anilines is 1. The van der Waals surface area contributed by atoms with Gasteiger partial charge in [-0.05, 0) is 12.5 Å². The first kappa shape index (κ1) is 20.9. The zero-order valence-corrected chi connectivity index (χ0v) is 17.2. The number of hydrogen-bond acceptors (Lipinski definition) is 9. The van der Waals surface area contributed by atoms with Crippen molar-refractivity contribution in [3.63, 3.8) is 0 Å². The molecule has 0 aliphatic rings. The van der Waals surface area contributed by atoms with Crippen LogP contribution in [0.25, 0.3) is 0 Å². The average molecular weight is 412 g/mol. The van der Waals surface area contributed by atoms with Crippen molar-refractivity contribution in [1.29, 1.82) is 0 Å². The van der Waals surface area contributed by atoms with Gasteiger partial charge in [-0.15, -0.1) is 21.5 Å². The first-order chi connectivity index (χ1) is 12.8. The molecule has 0 bridgehead atoms. The van der Waals surface area contributed by atoms with Crippen LogP contribution >= 0.6 is 23.1 Å². The third-order valence-corrected chi connectivity index (χ3v) is 5.94. The van der Waals surface area contributed by atoms with Crippen molar-refractivity contribution in [3.8, 4) is 0 Å². The number of thioether (sulfide) groups is 1. The van der Waals surface area contributed by atoms with Crippen LogP contribution in [0.2, 0.25) is 0 Å². The quantitative estimate of drug-likeness (QED) is 0.543. The van der Waals surface area contributed by atoms with Crippen LogP contribution < -0.4 is 5.32 Å². The molecule has 2 aromatic heterocycles. The highest BCUT2D eigenvalue weighted by molar-refractivity contribution is 7.99. The number of ether oxygens (including phenoxy) is 2. The number of nitrogens with zero attached hydrogens (tertiary/aromatic N) is 3. The van der Waals surface area contributed by atoms with E-state index in [1.54, 1.807) is 6.92 Å². The van der Waals surface area contributed by atoms with Crippen LogP contribution in [0.5, 0.6) is 0 Å². The van der Waals surface area contributed by atoms with Gasteiger partial charge in [-0.2, -0.15) is 0 Å². The lowest BCUT2D eigenvalue weighted by molar-refractivity contribution is -0.113. The highest BCUT2D eigenvalue weighted by atomic mass is 32.2. The Kier molecular flexibility index (Phi) is 6.97. The maximum absolute atomic E-state index is 12.3. The molecule has 0 saturated heterocycles. The molecule has 146 valence electrons. The van der Waals surface area contributed by atoms with E-state index in [2.05, 4.69) is 15.5 Å². The van der Waals surface area contributed by atoms with Crippen LogP contribution in [0.15, 0.2) is 5.16 Å². The Balaban J connectivity index is 2.17. The number of carbonyl (C=O) groups is 3. The minimum Gasteiger partial charge on any atom is -0.465 e. The van der Waals surface area contributed by atoms with E-state index in [1.807, 2.05) is 18.5 Å². The van der Waals surface area contributed by atoms with Gasteiger partial charge in [0.15, 0.2) is 5.16 Å². The number of carbonyl (C=O) groups excluding carboxylic acids is 3. The molecule has 0 aliphatic carbocycles. The minimum absolute atomic E-state index is 0.0702. The normalized spacial score (nSPS) is 10.6. The number of aromatic nitrogens is 3. The van der Waals surface area contributed by atoms with E-state index in [0.717, 1.165) is 23.6 Å². The molecular formula is C16H20N4O5S2. The molecule has 1 N–H and O–H groups in total. The molecular weight excluding hydrogens is 392 g/mol. The zero-order valence-electron chi connectivity index (χ0n) is 15.6. The molecule has 0 unspecified atom stereocenters. The number of aryl methyl sites for hydroxylation is 1. The molecule has 27 heavy (non-hydrogen) atoms. The van der Waals surface area contributed by atoms with Crippen molar-refractivity contribution in [2.75, 3.05) is 25.3 Å². The lowest BCUT2D eigenvalue weighted by Gasteiger charge is -2.06. The van der Waals surface area contributed by atoms with Gasteiger partial charge in [0.2, 0.25) is 5.91 Å². The molecule has 1 amide bonds. The molecule has 0 atom stereocenters. The topological polar surface area (TPSA) is 112 Å². The van der Waals surface area contributed by atoms with Gasteiger partial charge >= 0.3 is 11.9 Å². The smallest absolute Gasteiger partial charge is 0.348 e. The minimum atomic E-state index is -0.636. The Labute approximate surface area is 164 Å². The first-order valence-corrected chi connectivity index (χ1v) is 9.75. The third-order valence-electron chi connectivity index (χ3n) is 3.73. The number of hydrogen-bond donors (Lipinski definition) is 1. The molecule has 0 saturated carbocycles. The Morgan fingerprint density at radius 3 is 2.41 bits per heavy atom. The summed E-state index contributed by atoms with van der Waals surface area (Å²) in [5.41, 5.74) is 0.552. The van der Waals surface area contributed by atoms with Crippen LogP contribution in [-0.2, 0) is 27.7 Å². The second-order valence-electron chi connectivity index (χ2n) is 5.39. The molecule has 2 rings (SSSR count). The van der Waals surface area contributed by atoms with Gasteiger partial charge < -0.3 is 19.4 Å².